The van der Waals surface area contributed by atoms with Gasteiger partial charge in [-0.05, 0) is 80.4 Å². The van der Waals surface area contributed by atoms with Gasteiger partial charge in [-0.15, -0.1) is 5.10 Å². The summed E-state index contributed by atoms with van der Waals surface area (Å²) >= 11 is 0. The lowest BCUT2D eigenvalue weighted by Gasteiger charge is -2.40. The van der Waals surface area contributed by atoms with Gasteiger partial charge in [-0.1, -0.05) is 23.8 Å². The Hall–Kier alpha value is -4.53. The van der Waals surface area contributed by atoms with Gasteiger partial charge in [0.25, 0.3) is 5.91 Å². The Balaban J connectivity index is 1.12. The second kappa shape index (κ2) is 16.0. The van der Waals surface area contributed by atoms with E-state index in [4.69, 9.17) is 4.74 Å². The molecule has 12 nitrogen and oxygen atoms in total. The lowest BCUT2D eigenvalue weighted by Crippen LogP contribution is -2.54. The molecular formula is C35H43F3N8O4. The molecule has 0 saturated carbocycles. The van der Waals surface area contributed by atoms with Crippen LogP contribution in [-0.2, 0) is 35.3 Å². The van der Waals surface area contributed by atoms with Crippen LogP contribution in [0.3, 0.4) is 0 Å². The number of amides is 3. The fourth-order valence-electron chi connectivity index (χ4n) is 7.02. The van der Waals surface area contributed by atoms with Gasteiger partial charge >= 0.3 is 6.18 Å². The number of nitrogens with one attached hydrogen (secondary N) is 2. The number of carbonyl (C=O) groups excluding carboxylic acids is 3. The number of carbonyl (C=O) groups is 3. The number of ether oxygens (including phenoxy) is 1. The third-order valence-electron chi connectivity index (χ3n) is 9.86. The van der Waals surface area contributed by atoms with Crippen LogP contribution in [0.2, 0.25) is 0 Å². The molecule has 3 amide bonds. The van der Waals surface area contributed by atoms with Crippen molar-refractivity contribution in [2.75, 3.05) is 39.3 Å². The molecule has 6 rings (SSSR count). The van der Waals surface area contributed by atoms with Crippen LogP contribution in [0.1, 0.15) is 65.7 Å². The van der Waals surface area contributed by atoms with Crippen LogP contribution in [0.4, 0.5) is 13.2 Å². The summed E-state index contributed by atoms with van der Waals surface area (Å²) in [5.41, 5.74) is 0.629. The summed E-state index contributed by atoms with van der Waals surface area (Å²) in [7, 11) is 0. The van der Waals surface area contributed by atoms with E-state index in [1.54, 1.807) is 21.7 Å². The van der Waals surface area contributed by atoms with Crippen molar-refractivity contribution < 1.29 is 32.3 Å². The highest BCUT2D eigenvalue weighted by Crippen LogP contribution is 2.31. The Bertz CT molecular complexity index is 1630. The Kier molecular flexibility index (Phi) is 11.3. The number of hydrogen-bond donors (Lipinski definition) is 2. The molecule has 15 heteroatoms. The summed E-state index contributed by atoms with van der Waals surface area (Å²) in [6, 6.07) is 7.04. The van der Waals surface area contributed by atoms with Crippen molar-refractivity contribution in [3.63, 3.8) is 0 Å². The van der Waals surface area contributed by atoms with Crippen molar-refractivity contribution in [2.45, 2.75) is 70.3 Å². The van der Waals surface area contributed by atoms with E-state index >= 15 is 0 Å². The molecular weight excluding hydrogens is 653 g/mol. The second-order valence-electron chi connectivity index (χ2n) is 13.4. The van der Waals surface area contributed by atoms with E-state index in [1.807, 2.05) is 6.20 Å². The first-order valence-corrected chi connectivity index (χ1v) is 17.3. The zero-order valence-electron chi connectivity index (χ0n) is 27.9. The second-order valence-corrected chi connectivity index (χ2v) is 13.4. The van der Waals surface area contributed by atoms with E-state index < -0.39 is 23.7 Å². The van der Waals surface area contributed by atoms with Crippen LogP contribution in [0, 0.1) is 11.8 Å². The van der Waals surface area contributed by atoms with E-state index in [0.29, 0.717) is 43.7 Å². The Morgan fingerprint density at radius 1 is 1.02 bits per heavy atom. The number of pyridine rings is 1. The van der Waals surface area contributed by atoms with Crippen LogP contribution < -0.4 is 15.4 Å². The molecule has 0 spiro atoms. The molecule has 1 aromatic carbocycles. The monoisotopic (exact) mass is 696 g/mol. The minimum absolute atomic E-state index is 0.0609. The zero-order chi connectivity index (χ0) is 35.1. The summed E-state index contributed by atoms with van der Waals surface area (Å²) in [4.78, 5) is 49.0. The molecule has 3 aromatic rings. The predicted octanol–water partition coefficient (Wildman–Crippen LogP) is 3.47. The van der Waals surface area contributed by atoms with Gasteiger partial charge < -0.3 is 25.2 Å². The van der Waals surface area contributed by atoms with Gasteiger partial charge in [0.1, 0.15) is 11.6 Å². The van der Waals surface area contributed by atoms with E-state index in [-0.39, 0.29) is 61.1 Å². The highest BCUT2D eigenvalue weighted by molar-refractivity contribution is 5.99. The van der Waals surface area contributed by atoms with Crippen molar-refractivity contribution in [3.8, 4) is 5.88 Å². The normalized spacial score (nSPS) is 22.1. The Morgan fingerprint density at radius 2 is 1.82 bits per heavy atom. The minimum Gasteiger partial charge on any atom is -0.477 e. The molecule has 0 radical (unpaired) electrons. The molecule has 3 aliphatic heterocycles. The number of alkyl halides is 3. The van der Waals surface area contributed by atoms with Gasteiger partial charge in [0.2, 0.25) is 17.7 Å². The van der Waals surface area contributed by atoms with E-state index in [2.05, 4.69) is 30.8 Å². The molecule has 5 heterocycles. The fraction of sp³-hybridized carbons (Fsp3) is 0.543. The zero-order valence-corrected chi connectivity index (χ0v) is 27.9. The van der Waals surface area contributed by atoms with E-state index in [9.17, 15) is 27.6 Å². The van der Waals surface area contributed by atoms with Crippen LogP contribution in [0.15, 0.2) is 48.8 Å². The number of hydrogen-bond acceptors (Lipinski definition) is 8. The van der Waals surface area contributed by atoms with Crippen LogP contribution in [0.25, 0.3) is 0 Å². The molecule has 0 unspecified atom stereocenters. The third kappa shape index (κ3) is 9.17. The predicted molar refractivity (Wildman–Crippen MR) is 176 cm³/mol. The van der Waals surface area contributed by atoms with Gasteiger partial charge in [0, 0.05) is 51.4 Å². The average Bonchev–Trinajstić information content (AvgIpc) is 3.57. The number of likely N-dealkylation sites (tertiary alicyclic amines) is 1. The highest BCUT2D eigenvalue weighted by Gasteiger charge is 2.37. The smallest absolute Gasteiger partial charge is 0.416 e. The number of aromatic nitrogens is 4. The molecule has 2 bridgehead atoms. The number of benzene rings is 1. The van der Waals surface area contributed by atoms with Crippen molar-refractivity contribution in [3.05, 3.63) is 71.2 Å². The first-order chi connectivity index (χ1) is 24.1. The molecule has 2 N–H and O–H groups in total. The summed E-state index contributed by atoms with van der Waals surface area (Å²) < 4.78 is 46.5. The van der Waals surface area contributed by atoms with Gasteiger partial charge in [-0.3, -0.25) is 19.1 Å². The minimum atomic E-state index is -4.42. The standard InChI is InChI=1S/C35H43F3N8O4/c36-35(37,38)27-8-6-24(7-9-27)21-40-31(47)19-25-10-15-45-22-26(25)11-18-50-33-29(5-4-12-39-33)32(48)41-30(34(45)49)20-28-23-46(43-42-28)17-16-44-13-2-1-3-14-44/h4-9,12,23,25-26,30H,1-3,10-11,13-22H2,(H,40,47)(H,41,48)/t25-,26-,30+/m0/s1. The molecule has 3 aliphatic rings. The number of rotatable bonds is 9. The summed E-state index contributed by atoms with van der Waals surface area (Å²) in [6.07, 6.45) is 4.04. The Morgan fingerprint density at radius 3 is 2.60 bits per heavy atom. The van der Waals surface area contributed by atoms with Crippen molar-refractivity contribution in [2.24, 2.45) is 11.8 Å². The fourth-order valence-corrected chi connectivity index (χ4v) is 7.02. The van der Waals surface area contributed by atoms with Crippen molar-refractivity contribution in [1.82, 2.24) is 40.4 Å². The first-order valence-electron chi connectivity index (χ1n) is 17.3. The maximum atomic E-state index is 14.1. The Labute approximate surface area is 288 Å². The van der Waals surface area contributed by atoms with E-state index in [0.717, 1.165) is 31.8 Å². The van der Waals surface area contributed by atoms with Gasteiger partial charge in [-0.2, -0.15) is 13.2 Å². The molecule has 2 saturated heterocycles. The number of fused-ring (bicyclic) bond motifs is 3. The largest absolute Gasteiger partial charge is 0.477 e. The van der Waals surface area contributed by atoms with Crippen LogP contribution in [-0.4, -0.2) is 92.9 Å². The third-order valence-corrected chi connectivity index (χ3v) is 9.86. The van der Waals surface area contributed by atoms with Gasteiger partial charge in [0.05, 0.1) is 24.4 Å². The van der Waals surface area contributed by atoms with Gasteiger partial charge in [-0.25, -0.2) is 4.98 Å². The maximum absolute atomic E-state index is 14.1. The molecule has 268 valence electrons. The lowest BCUT2D eigenvalue weighted by molar-refractivity contribution is -0.138. The first kappa shape index (κ1) is 35.3. The molecule has 0 aliphatic carbocycles. The van der Waals surface area contributed by atoms with Crippen molar-refractivity contribution >= 4 is 17.7 Å². The number of halogens is 3. The molecule has 50 heavy (non-hydrogen) atoms. The van der Waals surface area contributed by atoms with Crippen LogP contribution in [0.5, 0.6) is 5.88 Å². The van der Waals surface area contributed by atoms with Crippen molar-refractivity contribution in [1.29, 1.82) is 0 Å². The average molecular weight is 697 g/mol. The van der Waals surface area contributed by atoms with Crippen LogP contribution >= 0.6 is 0 Å². The van der Waals surface area contributed by atoms with E-state index in [1.165, 1.54) is 37.6 Å². The summed E-state index contributed by atoms with van der Waals surface area (Å²) in [5.74, 6) is -0.900. The quantitative estimate of drug-likeness (QED) is 0.348. The molecule has 2 fully saturated rings. The summed E-state index contributed by atoms with van der Waals surface area (Å²) in [5, 5.41) is 14.4. The highest BCUT2D eigenvalue weighted by atomic mass is 19.4. The van der Waals surface area contributed by atoms with Gasteiger partial charge in [0.15, 0.2) is 0 Å². The SMILES string of the molecule is O=C(C[C@@H]1CCN2C[C@@H]1CCOc1ncccc1C(=O)N[C@H](Cc1cn(CCN3CCCCC3)nn1)C2=O)NCc1ccc(C(F)(F)F)cc1. The molecule has 3 atom stereocenters. The lowest BCUT2D eigenvalue weighted by atomic mass is 9.80. The number of piperidine rings is 2. The summed E-state index contributed by atoms with van der Waals surface area (Å²) in [6.45, 7) is 4.83. The topological polar surface area (TPSA) is 135 Å². The maximum Gasteiger partial charge on any atom is 0.416 e. The number of nitrogens with zero attached hydrogens (tertiary/aromatic N) is 6. The molecule has 2 aromatic heterocycles.